The minimum Gasteiger partial charge on any atom is -0.462 e. The summed E-state index contributed by atoms with van der Waals surface area (Å²) < 4.78 is 5.88. The molecule has 0 rings (SSSR count). The van der Waals surface area contributed by atoms with Crippen LogP contribution in [0, 0.1) is 0 Å². The molecular formula is C55H95NO5. The molecule has 0 saturated heterocycles. The van der Waals surface area contributed by atoms with Crippen LogP contribution in [0.25, 0.3) is 0 Å². The Balaban J connectivity index is 4.75. The Hall–Kier alpha value is -2.96. The molecule has 0 fully saturated rings. The highest BCUT2D eigenvalue weighted by atomic mass is 16.5. The molecule has 0 spiro atoms. The molecule has 3 N–H and O–H groups in total. The third kappa shape index (κ3) is 43.5. The van der Waals surface area contributed by atoms with Gasteiger partial charge in [-0.3, -0.25) is 9.59 Å². The highest BCUT2D eigenvalue weighted by molar-refractivity contribution is 5.77. The first-order valence-electron chi connectivity index (χ1n) is 25.3. The van der Waals surface area contributed by atoms with E-state index in [0.29, 0.717) is 19.3 Å². The quantitative estimate of drug-likeness (QED) is 0.0322. The van der Waals surface area contributed by atoms with Crippen molar-refractivity contribution in [1.29, 1.82) is 0 Å². The maximum absolute atomic E-state index is 13.2. The fraction of sp³-hybridized carbons (Fsp3) is 0.709. The van der Waals surface area contributed by atoms with Crippen molar-refractivity contribution in [2.24, 2.45) is 0 Å². The van der Waals surface area contributed by atoms with E-state index in [1.54, 1.807) is 0 Å². The van der Waals surface area contributed by atoms with Crippen LogP contribution < -0.4 is 5.32 Å². The van der Waals surface area contributed by atoms with Crippen LogP contribution in [-0.4, -0.2) is 46.9 Å². The number of aliphatic hydroxyl groups excluding tert-OH is 2. The van der Waals surface area contributed by atoms with E-state index in [9.17, 15) is 19.8 Å². The van der Waals surface area contributed by atoms with Crippen LogP contribution in [-0.2, 0) is 14.3 Å². The average Bonchev–Trinajstić information content (AvgIpc) is 3.25. The number of hydrogen-bond donors (Lipinski definition) is 3. The molecule has 0 aromatic carbocycles. The highest BCUT2D eigenvalue weighted by Crippen LogP contribution is 2.17. The maximum Gasteiger partial charge on any atom is 0.306 e. The lowest BCUT2D eigenvalue weighted by Crippen LogP contribution is -2.46. The summed E-state index contributed by atoms with van der Waals surface area (Å²) in [6, 6.07) is -0.724. The first-order valence-corrected chi connectivity index (χ1v) is 25.3. The van der Waals surface area contributed by atoms with Crippen LogP contribution in [0.15, 0.2) is 85.1 Å². The van der Waals surface area contributed by atoms with E-state index < -0.39 is 18.2 Å². The number of aliphatic hydroxyl groups is 2. The van der Waals surface area contributed by atoms with Crippen molar-refractivity contribution in [1.82, 2.24) is 5.32 Å². The first-order chi connectivity index (χ1) is 30.0. The van der Waals surface area contributed by atoms with Crippen molar-refractivity contribution in [2.45, 2.75) is 244 Å². The van der Waals surface area contributed by atoms with E-state index >= 15 is 0 Å². The second-order valence-corrected chi connectivity index (χ2v) is 16.8. The predicted molar refractivity (Wildman–Crippen MR) is 264 cm³/mol. The zero-order chi connectivity index (χ0) is 44.5. The summed E-state index contributed by atoms with van der Waals surface area (Å²) in [6.45, 7) is 6.31. The molecule has 350 valence electrons. The molecule has 6 nitrogen and oxygen atoms in total. The van der Waals surface area contributed by atoms with Crippen LogP contribution in [0.4, 0.5) is 0 Å². The van der Waals surface area contributed by atoms with E-state index in [0.717, 1.165) is 96.3 Å². The number of allylic oxidation sites excluding steroid dienone is 14. The molecule has 0 aromatic rings. The largest absolute Gasteiger partial charge is 0.462 e. The lowest BCUT2D eigenvalue weighted by atomic mass is 10.0. The highest BCUT2D eigenvalue weighted by Gasteiger charge is 2.24. The standard InChI is InChI=1S/C55H95NO5/c1-4-7-10-13-16-19-22-24-26-28-30-33-36-39-42-45-48-55(60)61-51(46-43-40-37-34-32-29-27-25-23-20-17-14-11-8-5-2)49-54(59)56-52(50-57)53(58)47-44-41-38-35-31-21-18-15-12-9-6-3/h7,10,16-17,19-20,24-27,30,33,39,42,51-53,57-58H,4-6,8-9,11-15,18,21-23,28-29,31-32,34-38,40-41,43-50H2,1-3H3,(H,56,59)/b10-7+,19-16+,20-17-,26-24+,27-25-,33-30+,42-39+. The maximum atomic E-state index is 13.2. The summed E-state index contributed by atoms with van der Waals surface area (Å²) in [5.41, 5.74) is 0. The molecule has 0 aliphatic rings. The zero-order valence-electron chi connectivity index (χ0n) is 39.8. The van der Waals surface area contributed by atoms with Crippen molar-refractivity contribution < 1.29 is 24.5 Å². The van der Waals surface area contributed by atoms with Gasteiger partial charge in [0.15, 0.2) is 0 Å². The van der Waals surface area contributed by atoms with Gasteiger partial charge in [0.25, 0.3) is 0 Å². The van der Waals surface area contributed by atoms with Crippen molar-refractivity contribution in [3.05, 3.63) is 85.1 Å². The van der Waals surface area contributed by atoms with Gasteiger partial charge in [0.05, 0.1) is 25.2 Å². The van der Waals surface area contributed by atoms with Gasteiger partial charge in [-0.2, -0.15) is 0 Å². The SMILES string of the molecule is CC/C=C/C/C=C/C/C=C/C/C=C/C/C=C/CCC(=O)OC(CCCCCCC/C=C\C/C=C\CCCCC)CC(=O)NC(CO)C(O)CCCCCCCCCCCCC. The zero-order valence-corrected chi connectivity index (χ0v) is 39.8. The van der Waals surface area contributed by atoms with Gasteiger partial charge in [0.1, 0.15) is 6.10 Å². The minimum absolute atomic E-state index is 0.0346. The number of nitrogens with one attached hydrogen (secondary N) is 1. The van der Waals surface area contributed by atoms with Crippen molar-refractivity contribution >= 4 is 11.9 Å². The molecular weight excluding hydrogens is 755 g/mol. The van der Waals surface area contributed by atoms with Crippen LogP contribution in [0.2, 0.25) is 0 Å². The summed E-state index contributed by atoms with van der Waals surface area (Å²) >= 11 is 0. The number of hydrogen-bond acceptors (Lipinski definition) is 5. The molecule has 0 aromatic heterocycles. The van der Waals surface area contributed by atoms with E-state index in [2.05, 4.69) is 105 Å². The van der Waals surface area contributed by atoms with Crippen molar-refractivity contribution in [3.63, 3.8) is 0 Å². The fourth-order valence-corrected chi connectivity index (χ4v) is 7.16. The normalized spacial score (nSPS) is 14.0. The fourth-order valence-electron chi connectivity index (χ4n) is 7.16. The second kappa shape index (κ2) is 48.1. The van der Waals surface area contributed by atoms with Crippen molar-refractivity contribution in [3.8, 4) is 0 Å². The van der Waals surface area contributed by atoms with Gasteiger partial charge >= 0.3 is 5.97 Å². The van der Waals surface area contributed by atoms with E-state index in [4.69, 9.17) is 4.74 Å². The summed E-state index contributed by atoms with van der Waals surface area (Å²) in [7, 11) is 0. The van der Waals surface area contributed by atoms with Crippen LogP contribution >= 0.6 is 0 Å². The molecule has 0 heterocycles. The monoisotopic (exact) mass is 850 g/mol. The van der Waals surface area contributed by atoms with Gasteiger partial charge in [-0.1, -0.05) is 209 Å². The van der Waals surface area contributed by atoms with Crippen LogP contribution in [0.1, 0.15) is 226 Å². The third-order valence-corrected chi connectivity index (χ3v) is 11.0. The third-order valence-electron chi connectivity index (χ3n) is 11.0. The van der Waals surface area contributed by atoms with Crippen LogP contribution in [0.5, 0.6) is 0 Å². The number of amides is 1. The number of rotatable bonds is 44. The molecule has 0 saturated carbocycles. The Kier molecular flexibility index (Phi) is 45.7. The smallest absolute Gasteiger partial charge is 0.306 e. The number of carbonyl (C=O) groups is 2. The number of ether oxygens (including phenoxy) is 1. The van der Waals surface area contributed by atoms with Gasteiger partial charge in [0.2, 0.25) is 5.91 Å². The summed E-state index contributed by atoms with van der Waals surface area (Å²) in [5, 5.41) is 23.7. The molecule has 0 aliphatic carbocycles. The Morgan fingerprint density at radius 2 is 0.885 bits per heavy atom. The summed E-state index contributed by atoms with van der Waals surface area (Å²) in [5.74, 6) is -0.591. The Morgan fingerprint density at radius 1 is 0.492 bits per heavy atom. The molecule has 0 bridgehead atoms. The number of carbonyl (C=O) groups excluding carboxylic acids is 2. The van der Waals surface area contributed by atoms with Gasteiger partial charge in [-0.05, 0) is 89.9 Å². The van der Waals surface area contributed by atoms with E-state index in [1.165, 1.54) is 77.0 Å². The second-order valence-electron chi connectivity index (χ2n) is 16.8. The Labute approximate surface area is 376 Å². The lowest BCUT2D eigenvalue weighted by molar-refractivity contribution is -0.150. The molecule has 1 amide bonds. The molecule has 0 aliphatic heterocycles. The summed E-state index contributed by atoms with van der Waals surface area (Å²) in [4.78, 5) is 26.1. The van der Waals surface area contributed by atoms with Gasteiger partial charge < -0.3 is 20.3 Å². The molecule has 3 unspecified atom stereocenters. The van der Waals surface area contributed by atoms with Gasteiger partial charge in [-0.25, -0.2) is 0 Å². The molecule has 6 heteroatoms. The predicted octanol–water partition coefficient (Wildman–Crippen LogP) is 15.2. The Morgan fingerprint density at radius 3 is 1.38 bits per heavy atom. The van der Waals surface area contributed by atoms with E-state index in [1.807, 2.05) is 6.08 Å². The van der Waals surface area contributed by atoms with E-state index in [-0.39, 0.29) is 31.3 Å². The minimum atomic E-state index is -0.807. The van der Waals surface area contributed by atoms with Gasteiger partial charge in [0, 0.05) is 6.42 Å². The summed E-state index contributed by atoms with van der Waals surface area (Å²) in [6.07, 6.45) is 62.2. The first kappa shape index (κ1) is 58.0. The number of esters is 1. The van der Waals surface area contributed by atoms with Crippen LogP contribution in [0.3, 0.4) is 0 Å². The lowest BCUT2D eigenvalue weighted by Gasteiger charge is -2.24. The van der Waals surface area contributed by atoms with Gasteiger partial charge in [-0.15, -0.1) is 0 Å². The molecule has 0 radical (unpaired) electrons. The van der Waals surface area contributed by atoms with Crippen molar-refractivity contribution in [2.75, 3.05) is 6.61 Å². The molecule has 3 atom stereocenters. The average molecular weight is 850 g/mol. The molecule has 61 heavy (non-hydrogen) atoms. The Bertz CT molecular complexity index is 1180. The topological polar surface area (TPSA) is 95.9 Å². The number of unbranched alkanes of at least 4 members (excludes halogenated alkanes) is 18.